The number of benzene rings is 1. The van der Waals surface area contributed by atoms with Crippen LogP contribution in [0.3, 0.4) is 0 Å². The van der Waals surface area contributed by atoms with Crippen molar-refractivity contribution >= 4 is 15.9 Å². The van der Waals surface area contributed by atoms with Crippen molar-refractivity contribution in [3.8, 4) is 0 Å². The van der Waals surface area contributed by atoms with Crippen LogP contribution in [0.4, 0.5) is 4.39 Å². The summed E-state index contributed by atoms with van der Waals surface area (Å²) in [6, 6.07) is 8.84. The number of furan rings is 1. The van der Waals surface area contributed by atoms with Crippen LogP contribution < -0.4 is 5.32 Å². The lowest BCUT2D eigenvalue weighted by Crippen LogP contribution is -2.23. The maximum atomic E-state index is 14.2. The molecule has 4 heteroatoms. The normalized spacial score (nSPS) is 12.6. The summed E-state index contributed by atoms with van der Waals surface area (Å²) < 4.78 is 20.4. The fourth-order valence-electron chi connectivity index (χ4n) is 2.00. The number of hydrogen-bond donors (Lipinski definition) is 1. The van der Waals surface area contributed by atoms with E-state index < -0.39 is 0 Å². The van der Waals surface area contributed by atoms with Gasteiger partial charge in [-0.15, -0.1) is 0 Å². The van der Waals surface area contributed by atoms with Gasteiger partial charge in [-0.05, 0) is 54.0 Å². The summed E-state index contributed by atoms with van der Waals surface area (Å²) in [5, 5.41) is 3.33. The highest BCUT2D eigenvalue weighted by atomic mass is 79.9. The van der Waals surface area contributed by atoms with E-state index in [0.717, 1.165) is 24.5 Å². The van der Waals surface area contributed by atoms with E-state index in [0.29, 0.717) is 10.0 Å². The van der Waals surface area contributed by atoms with Crippen LogP contribution in [-0.2, 0) is 0 Å². The van der Waals surface area contributed by atoms with Crippen molar-refractivity contribution in [1.82, 2.24) is 5.32 Å². The Labute approximate surface area is 121 Å². The van der Waals surface area contributed by atoms with E-state index in [9.17, 15) is 4.39 Å². The standard InChI is InChI=1S/C15H17BrFNO/c1-3-9-18-15(13-8-7-10(2)19-13)11-5-4-6-12(16)14(11)17/h4-8,15,18H,3,9H2,1-2H3. The first-order valence-corrected chi connectivity index (χ1v) is 7.16. The first-order chi connectivity index (χ1) is 9.13. The SMILES string of the molecule is CCCNC(c1ccc(C)o1)c1cccc(Br)c1F. The van der Waals surface area contributed by atoms with Gasteiger partial charge in [0.1, 0.15) is 17.3 Å². The van der Waals surface area contributed by atoms with E-state index in [2.05, 4.69) is 28.2 Å². The Morgan fingerprint density at radius 1 is 1.32 bits per heavy atom. The predicted molar refractivity (Wildman–Crippen MR) is 77.7 cm³/mol. The van der Waals surface area contributed by atoms with Gasteiger partial charge in [-0.2, -0.15) is 0 Å². The molecule has 0 amide bonds. The van der Waals surface area contributed by atoms with Crippen LogP contribution in [-0.4, -0.2) is 6.54 Å². The second kappa shape index (κ2) is 6.35. The van der Waals surface area contributed by atoms with Gasteiger partial charge >= 0.3 is 0 Å². The Morgan fingerprint density at radius 2 is 2.11 bits per heavy atom. The van der Waals surface area contributed by atoms with Crippen LogP contribution in [0, 0.1) is 12.7 Å². The highest BCUT2D eigenvalue weighted by molar-refractivity contribution is 9.10. The Hall–Kier alpha value is -1.13. The summed E-state index contributed by atoms with van der Waals surface area (Å²) >= 11 is 3.23. The summed E-state index contributed by atoms with van der Waals surface area (Å²) in [4.78, 5) is 0. The fourth-order valence-corrected chi connectivity index (χ4v) is 2.39. The van der Waals surface area contributed by atoms with E-state index in [-0.39, 0.29) is 11.9 Å². The van der Waals surface area contributed by atoms with Crippen LogP contribution >= 0.6 is 15.9 Å². The topological polar surface area (TPSA) is 25.2 Å². The molecule has 0 bridgehead atoms. The Kier molecular flexibility index (Phi) is 4.77. The Balaban J connectivity index is 2.39. The average Bonchev–Trinajstić information content (AvgIpc) is 2.81. The molecule has 0 aliphatic rings. The second-order valence-electron chi connectivity index (χ2n) is 4.48. The van der Waals surface area contributed by atoms with Crippen molar-refractivity contribution in [1.29, 1.82) is 0 Å². The average molecular weight is 326 g/mol. The van der Waals surface area contributed by atoms with E-state index in [1.54, 1.807) is 12.1 Å². The maximum absolute atomic E-state index is 14.2. The van der Waals surface area contributed by atoms with Gasteiger partial charge in [0.15, 0.2) is 0 Å². The van der Waals surface area contributed by atoms with E-state index in [4.69, 9.17) is 4.42 Å². The molecule has 0 saturated carbocycles. The largest absolute Gasteiger partial charge is 0.464 e. The summed E-state index contributed by atoms with van der Waals surface area (Å²) in [6.45, 7) is 4.77. The quantitative estimate of drug-likeness (QED) is 0.870. The molecule has 0 spiro atoms. The summed E-state index contributed by atoms with van der Waals surface area (Å²) in [7, 11) is 0. The zero-order valence-electron chi connectivity index (χ0n) is 11.0. The fraction of sp³-hybridized carbons (Fsp3) is 0.333. The molecule has 1 aromatic heterocycles. The van der Waals surface area contributed by atoms with Crippen LogP contribution in [0.2, 0.25) is 0 Å². The maximum Gasteiger partial charge on any atom is 0.142 e. The molecule has 2 aromatic rings. The minimum Gasteiger partial charge on any atom is -0.464 e. The first-order valence-electron chi connectivity index (χ1n) is 6.37. The predicted octanol–water partition coefficient (Wildman–Crippen LogP) is 4.58. The minimum atomic E-state index is -0.258. The third-order valence-electron chi connectivity index (χ3n) is 2.94. The molecule has 1 unspecified atom stereocenters. The van der Waals surface area contributed by atoms with Crippen molar-refractivity contribution in [3.05, 3.63) is 57.7 Å². The van der Waals surface area contributed by atoms with Crippen molar-refractivity contribution < 1.29 is 8.81 Å². The Bertz CT molecular complexity index is 553. The first kappa shape index (κ1) is 14.3. The lowest BCUT2D eigenvalue weighted by Gasteiger charge is -2.18. The second-order valence-corrected chi connectivity index (χ2v) is 5.33. The molecule has 1 atom stereocenters. The van der Waals surface area contributed by atoms with Crippen molar-refractivity contribution in [2.24, 2.45) is 0 Å². The van der Waals surface area contributed by atoms with Gasteiger partial charge in [0, 0.05) is 5.56 Å². The lowest BCUT2D eigenvalue weighted by molar-refractivity contribution is 0.421. The van der Waals surface area contributed by atoms with Gasteiger partial charge in [-0.3, -0.25) is 0 Å². The highest BCUT2D eigenvalue weighted by Crippen LogP contribution is 2.29. The molecule has 19 heavy (non-hydrogen) atoms. The molecular formula is C15H17BrFNO. The molecule has 0 fully saturated rings. The summed E-state index contributed by atoms with van der Waals surface area (Å²) in [5.41, 5.74) is 0.595. The monoisotopic (exact) mass is 325 g/mol. The molecule has 2 rings (SSSR count). The molecule has 1 heterocycles. The molecule has 0 aliphatic carbocycles. The van der Waals surface area contributed by atoms with Crippen LogP contribution in [0.25, 0.3) is 0 Å². The van der Waals surface area contributed by atoms with E-state index in [1.807, 2.05) is 25.1 Å². The smallest absolute Gasteiger partial charge is 0.142 e. The van der Waals surface area contributed by atoms with Gasteiger partial charge in [-0.1, -0.05) is 19.1 Å². The molecule has 102 valence electrons. The molecule has 2 nitrogen and oxygen atoms in total. The minimum absolute atomic E-state index is 0.245. The van der Waals surface area contributed by atoms with Crippen molar-refractivity contribution in [2.45, 2.75) is 26.3 Å². The summed E-state index contributed by atoms with van der Waals surface area (Å²) in [6.07, 6.45) is 0.978. The zero-order chi connectivity index (χ0) is 13.8. The summed E-state index contributed by atoms with van der Waals surface area (Å²) in [5.74, 6) is 1.32. The third kappa shape index (κ3) is 3.25. The van der Waals surface area contributed by atoms with Crippen LogP contribution in [0.5, 0.6) is 0 Å². The van der Waals surface area contributed by atoms with E-state index in [1.165, 1.54) is 0 Å². The number of hydrogen-bond acceptors (Lipinski definition) is 2. The van der Waals surface area contributed by atoms with Gasteiger partial charge < -0.3 is 9.73 Å². The number of nitrogens with one attached hydrogen (secondary N) is 1. The number of rotatable bonds is 5. The lowest BCUT2D eigenvalue weighted by atomic mass is 10.0. The van der Waals surface area contributed by atoms with Crippen LogP contribution in [0.1, 0.15) is 36.5 Å². The number of aryl methyl sites for hydroxylation is 1. The molecule has 1 N–H and O–H groups in total. The van der Waals surface area contributed by atoms with Crippen molar-refractivity contribution in [3.63, 3.8) is 0 Å². The van der Waals surface area contributed by atoms with Crippen LogP contribution in [0.15, 0.2) is 39.2 Å². The van der Waals surface area contributed by atoms with Gasteiger partial charge in [0.2, 0.25) is 0 Å². The molecule has 0 saturated heterocycles. The van der Waals surface area contributed by atoms with Crippen molar-refractivity contribution in [2.75, 3.05) is 6.54 Å². The third-order valence-corrected chi connectivity index (χ3v) is 3.55. The molecule has 1 aromatic carbocycles. The number of halogens is 2. The molecule has 0 radical (unpaired) electrons. The molecule has 0 aliphatic heterocycles. The zero-order valence-corrected chi connectivity index (χ0v) is 12.6. The van der Waals surface area contributed by atoms with Gasteiger partial charge in [0.05, 0.1) is 10.5 Å². The van der Waals surface area contributed by atoms with Gasteiger partial charge in [-0.25, -0.2) is 4.39 Å². The van der Waals surface area contributed by atoms with Gasteiger partial charge in [0.25, 0.3) is 0 Å². The van der Waals surface area contributed by atoms with E-state index >= 15 is 0 Å². The highest BCUT2D eigenvalue weighted by Gasteiger charge is 2.21. The molecular weight excluding hydrogens is 309 g/mol. The Morgan fingerprint density at radius 3 is 2.74 bits per heavy atom.